The first-order valence-corrected chi connectivity index (χ1v) is 11.2. The van der Waals surface area contributed by atoms with E-state index in [-0.39, 0.29) is 5.75 Å². The molecule has 0 spiro atoms. The largest absolute Gasteiger partial charge is 0.426 e. The fourth-order valence-electron chi connectivity index (χ4n) is 3.89. The third-order valence-corrected chi connectivity index (χ3v) is 6.76. The average molecular weight is 436 g/mol. The van der Waals surface area contributed by atoms with Gasteiger partial charge in [-0.3, -0.25) is 9.35 Å². The molecule has 31 heavy (non-hydrogen) atoms. The van der Waals surface area contributed by atoms with Gasteiger partial charge in [-0.1, -0.05) is 66.7 Å². The highest BCUT2D eigenvalue weighted by atomic mass is 32.2. The van der Waals surface area contributed by atoms with E-state index in [0.717, 1.165) is 10.9 Å². The van der Waals surface area contributed by atoms with E-state index >= 15 is 0 Å². The lowest BCUT2D eigenvalue weighted by Crippen LogP contribution is -2.52. The molecule has 2 N–H and O–H groups in total. The molecule has 2 atom stereocenters. The lowest BCUT2D eigenvalue weighted by atomic mass is 9.74. The highest BCUT2D eigenvalue weighted by Crippen LogP contribution is 2.41. The Balaban J connectivity index is 2.02. The number of aromatic nitrogens is 1. The van der Waals surface area contributed by atoms with Crippen molar-refractivity contribution in [3.05, 3.63) is 102 Å². The van der Waals surface area contributed by atoms with Gasteiger partial charge < -0.3 is 9.72 Å². The number of benzene rings is 3. The van der Waals surface area contributed by atoms with E-state index in [0.29, 0.717) is 11.3 Å². The van der Waals surface area contributed by atoms with Crippen LogP contribution in [0.2, 0.25) is 0 Å². The van der Waals surface area contributed by atoms with Crippen LogP contribution in [0.5, 0.6) is 5.75 Å². The normalized spacial score (nSPS) is 14.6. The Bertz CT molecular complexity index is 1280. The summed E-state index contributed by atoms with van der Waals surface area (Å²) in [5.41, 5.74) is -0.421. The van der Waals surface area contributed by atoms with Crippen LogP contribution in [0, 0.1) is 0 Å². The van der Waals surface area contributed by atoms with Gasteiger partial charge in [-0.15, -0.1) is 0 Å². The molecule has 0 fully saturated rings. The highest BCUT2D eigenvalue weighted by Gasteiger charge is 2.54. The van der Waals surface area contributed by atoms with Gasteiger partial charge in [-0.05, 0) is 42.1 Å². The molecule has 2 unspecified atom stereocenters. The Labute approximate surface area is 180 Å². The van der Waals surface area contributed by atoms with Crippen LogP contribution in [-0.2, 0) is 20.3 Å². The van der Waals surface area contributed by atoms with Gasteiger partial charge >= 0.3 is 5.97 Å². The van der Waals surface area contributed by atoms with E-state index in [9.17, 15) is 17.8 Å². The number of para-hydroxylation sites is 2. The van der Waals surface area contributed by atoms with Gasteiger partial charge in [0.2, 0.25) is 0 Å². The number of carbonyl (C=O) groups excluding carboxylic acids is 1. The number of aromatic amines is 1. The first kappa shape index (κ1) is 20.8. The van der Waals surface area contributed by atoms with Crippen molar-refractivity contribution in [3.63, 3.8) is 0 Å². The summed E-state index contributed by atoms with van der Waals surface area (Å²) in [5.74, 6) is -0.548. The van der Waals surface area contributed by atoms with Crippen molar-refractivity contribution in [3.8, 4) is 5.75 Å². The number of carbonyl (C=O) groups is 1. The van der Waals surface area contributed by atoms with Gasteiger partial charge in [0.05, 0.1) is 0 Å². The second-order valence-corrected chi connectivity index (χ2v) is 9.04. The topological polar surface area (TPSA) is 96.5 Å². The van der Waals surface area contributed by atoms with Crippen molar-refractivity contribution in [1.29, 1.82) is 0 Å². The van der Waals surface area contributed by atoms with Gasteiger partial charge in [0.1, 0.15) is 11.0 Å². The number of esters is 1. The number of rotatable bonds is 6. The fourth-order valence-corrected chi connectivity index (χ4v) is 4.70. The molecule has 158 valence electrons. The van der Waals surface area contributed by atoms with E-state index in [1.807, 2.05) is 24.3 Å². The van der Waals surface area contributed by atoms with Crippen LogP contribution in [0.25, 0.3) is 10.9 Å². The predicted octanol–water partition coefficient (Wildman–Crippen LogP) is 4.34. The zero-order chi connectivity index (χ0) is 22.1. The first-order valence-electron chi connectivity index (χ1n) is 9.71. The van der Waals surface area contributed by atoms with Crippen molar-refractivity contribution in [2.75, 3.05) is 0 Å². The number of fused-ring (bicyclic) bond motifs is 1. The van der Waals surface area contributed by atoms with Gasteiger partial charge in [-0.25, -0.2) is 0 Å². The molecule has 7 heteroatoms. The molecule has 0 radical (unpaired) electrons. The lowest BCUT2D eigenvalue weighted by molar-refractivity contribution is -0.139. The summed E-state index contributed by atoms with van der Waals surface area (Å²) >= 11 is 0. The summed E-state index contributed by atoms with van der Waals surface area (Å²) in [5, 5.41) is -0.737. The summed E-state index contributed by atoms with van der Waals surface area (Å²) in [4.78, 5) is 17.0. The number of ether oxygens (including phenoxy) is 1. The third kappa shape index (κ3) is 3.73. The Morgan fingerprint density at radius 2 is 1.52 bits per heavy atom. The summed E-state index contributed by atoms with van der Waals surface area (Å²) in [6, 6.07) is 26.0. The van der Waals surface area contributed by atoms with Crippen LogP contribution in [0.15, 0.2) is 91.0 Å². The Kier molecular flexibility index (Phi) is 5.39. The molecule has 1 heterocycles. The predicted molar refractivity (Wildman–Crippen MR) is 119 cm³/mol. The standard InChI is InChI=1S/C24H21NO5S/c1-17(31(27,28)29)24(19-11-4-2-5-12-19,23(26)30-20-13-6-3-7-14-20)22-16-18-10-8-9-15-21(18)25-22/h2-17,25H,1H3,(H,27,28,29). The monoisotopic (exact) mass is 435 g/mol. The number of H-pyrrole nitrogens is 1. The SMILES string of the molecule is CC(C(C(=O)Oc1ccccc1)(c1ccccc1)c1cc2ccccc2[nH]1)S(=O)(=O)O. The number of hydrogen-bond acceptors (Lipinski definition) is 4. The molecule has 1 aromatic heterocycles. The van der Waals surface area contributed by atoms with Crippen LogP contribution in [0.3, 0.4) is 0 Å². The molecule has 3 aromatic carbocycles. The molecule has 0 bridgehead atoms. The van der Waals surface area contributed by atoms with Gasteiger partial charge in [0.15, 0.2) is 5.41 Å². The summed E-state index contributed by atoms with van der Waals surface area (Å²) in [7, 11) is -4.65. The Morgan fingerprint density at radius 1 is 0.935 bits per heavy atom. The number of nitrogens with one attached hydrogen (secondary N) is 1. The first-order chi connectivity index (χ1) is 14.8. The summed E-state index contributed by atoms with van der Waals surface area (Å²) in [6.07, 6.45) is 0. The highest BCUT2D eigenvalue weighted by molar-refractivity contribution is 7.86. The molecular weight excluding hydrogens is 414 g/mol. The van der Waals surface area contributed by atoms with Gasteiger partial charge in [0.25, 0.3) is 10.1 Å². The molecule has 4 aromatic rings. The molecular formula is C24H21NO5S. The molecule has 0 saturated carbocycles. The number of hydrogen-bond donors (Lipinski definition) is 2. The Hall–Kier alpha value is -3.42. The molecule has 4 rings (SSSR count). The summed E-state index contributed by atoms with van der Waals surface area (Å²) in [6.45, 7) is 1.31. The second kappa shape index (κ2) is 8.02. The van der Waals surface area contributed by atoms with Crippen LogP contribution >= 0.6 is 0 Å². The van der Waals surface area contributed by atoms with Gasteiger partial charge in [-0.2, -0.15) is 8.42 Å². The zero-order valence-electron chi connectivity index (χ0n) is 16.7. The van der Waals surface area contributed by atoms with E-state index in [1.54, 1.807) is 66.7 Å². The van der Waals surface area contributed by atoms with Crippen molar-refractivity contribution in [2.45, 2.75) is 17.6 Å². The minimum absolute atomic E-state index is 0.270. The maximum atomic E-state index is 13.8. The zero-order valence-corrected chi connectivity index (χ0v) is 17.5. The molecule has 0 amide bonds. The van der Waals surface area contributed by atoms with Crippen molar-refractivity contribution in [2.24, 2.45) is 0 Å². The minimum atomic E-state index is -4.65. The van der Waals surface area contributed by atoms with Crippen LogP contribution in [-0.4, -0.2) is 29.2 Å². The smallest absolute Gasteiger partial charge is 0.329 e. The van der Waals surface area contributed by atoms with E-state index in [2.05, 4.69) is 4.98 Å². The van der Waals surface area contributed by atoms with E-state index < -0.39 is 26.8 Å². The molecule has 0 aliphatic heterocycles. The molecule has 0 aliphatic carbocycles. The second-order valence-electron chi connectivity index (χ2n) is 7.30. The summed E-state index contributed by atoms with van der Waals surface area (Å²) < 4.78 is 40.6. The molecule has 6 nitrogen and oxygen atoms in total. The van der Waals surface area contributed by atoms with Crippen LogP contribution < -0.4 is 4.74 Å². The molecule has 0 aliphatic rings. The van der Waals surface area contributed by atoms with Crippen molar-refractivity contribution in [1.82, 2.24) is 4.98 Å². The van der Waals surface area contributed by atoms with E-state index in [1.165, 1.54) is 6.92 Å². The third-order valence-electron chi connectivity index (χ3n) is 5.52. The average Bonchev–Trinajstić information content (AvgIpc) is 3.19. The fraction of sp³-hybridized carbons (Fsp3) is 0.125. The van der Waals surface area contributed by atoms with Crippen molar-refractivity contribution < 1.29 is 22.5 Å². The maximum absolute atomic E-state index is 13.8. The Morgan fingerprint density at radius 3 is 2.13 bits per heavy atom. The van der Waals surface area contributed by atoms with Crippen molar-refractivity contribution >= 4 is 27.0 Å². The quantitative estimate of drug-likeness (QED) is 0.267. The maximum Gasteiger partial charge on any atom is 0.329 e. The van der Waals surface area contributed by atoms with Gasteiger partial charge in [0, 0.05) is 11.2 Å². The van der Waals surface area contributed by atoms with Crippen LogP contribution in [0.1, 0.15) is 18.2 Å². The molecule has 0 saturated heterocycles. The van der Waals surface area contributed by atoms with E-state index in [4.69, 9.17) is 4.74 Å². The minimum Gasteiger partial charge on any atom is -0.426 e. The van der Waals surface area contributed by atoms with Crippen LogP contribution in [0.4, 0.5) is 0 Å². The lowest BCUT2D eigenvalue weighted by Gasteiger charge is -2.35.